The fourth-order valence-corrected chi connectivity index (χ4v) is 3.22. The van der Waals surface area contributed by atoms with Crippen LogP contribution in [0.4, 0.5) is 4.39 Å². The number of rotatable bonds is 6. The van der Waals surface area contributed by atoms with Crippen molar-refractivity contribution in [1.29, 1.82) is 0 Å². The fraction of sp³-hybridized carbons (Fsp3) is 0.227. The normalized spacial score (nSPS) is 12.0. The Hall–Kier alpha value is -3.88. The van der Waals surface area contributed by atoms with Crippen LogP contribution < -0.4 is 0 Å². The summed E-state index contributed by atoms with van der Waals surface area (Å²) < 4.78 is 14.9. The summed E-state index contributed by atoms with van der Waals surface area (Å²) in [5, 5.41) is 12.6. The zero-order valence-corrected chi connectivity index (χ0v) is 17.5. The zero-order valence-electron chi connectivity index (χ0n) is 17.5. The van der Waals surface area contributed by atoms with E-state index >= 15 is 0 Å². The first kappa shape index (κ1) is 20.4. The first-order valence-electron chi connectivity index (χ1n) is 9.82. The predicted molar refractivity (Wildman–Crippen MR) is 113 cm³/mol. The summed E-state index contributed by atoms with van der Waals surface area (Å²) in [6.07, 6.45) is 6.71. The molecule has 9 heteroatoms. The minimum Gasteiger partial charge on any atom is -0.336 e. The Bertz CT molecular complexity index is 1190. The smallest absolute Gasteiger partial charge is 0.274 e. The Balaban J connectivity index is 1.51. The van der Waals surface area contributed by atoms with E-state index in [1.807, 2.05) is 26.1 Å². The standard InChI is InChI=1S/C22H22FN7O/c1-15-4-9-20(30-24-10-11-25-30)21(27-15)22(31)28(3)16(2)13-29-14-18(12-26-29)17-5-7-19(23)8-6-17/h4-12,14,16H,13H2,1-3H3/t16-/m0/s1. The van der Waals surface area contributed by atoms with Crippen molar-refractivity contribution >= 4 is 5.91 Å². The summed E-state index contributed by atoms with van der Waals surface area (Å²) in [5.41, 5.74) is 3.31. The molecule has 3 heterocycles. The van der Waals surface area contributed by atoms with Gasteiger partial charge < -0.3 is 4.90 Å². The van der Waals surface area contributed by atoms with E-state index in [0.29, 0.717) is 12.2 Å². The van der Waals surface area contributed by atoms with Crippen LogP contribution in [0.2, 0.25) is 0 Å². The van der Waals surface area contributed by atoms with Crippen molar-refractivity contribution in [1.82, 2.24) is 34.7 Å². The summed E-state index contributed by atoms with van der Waals surface area (Å²) in [6.45, 7) is 4.27. The first-order chi connectivity index (χ1) is 14.9. The molecule has 0 spiro atoms. The highest BCUT2D eigenvalue weighted by atomic mass is 19.1. The number of pyridine rings is 1. The molecule has 31 heavy (non-hydrogen) atoms. The molecule has 0 bridgehead atoms. The summed E-state index contributed by atoms with van der Waals surface area (Å²) in [4.78, 5) is 20.7. The molecular formula is C22H22FN7O. The van der Waals surface area contributed by atoms with Crippen molar-refractivity contribution in [2.24, 2.45) is 0 Å². The van der Waals surface area contributed by atoms with E-state index in [1.54, 1.807) is 53.4 Å². The van der Waals surface area contributed by atoms with E-state index < -0.39 is 0 Å². The second-order valence-corrected chi connectivity index (χ2v) is 7.36. The Morgan fingerprint density at radius 1 is 1.06 bits per heavy atom. The first-order valence-corrected chi connectivity index (χ1v) is 9.82. The molecule has 0 radical (unpaired) electrons. The maximum absolute atomic E-state index is 13.2. The highest BCUT2D eigenvalue weighted by Crippen LogP contribution is 2.20. The molecule has 8 nitrogen and oxygen atoms in total. The Kier molecular flexibility index (Phi) is 5.57. The number of halogens is 1. The number of likely N-dealkylation sites (N-methyl/N-ethyl adjacent to an activating group) is 1. The maximum atomic E-state index is 13.2. The van der Waals surface area contributed by atoms with E-state index in [-0.39, 0.29) is 23.5 Å². The molecule has 4 aromatic rings. The molecule has 1 atom stereocenters. The number of carbonyl (C=O) groups is 1. The van der Waals surface area contributed by atoms with Gasteiger partial charge in [0.05, 0.1) is 25.1 Å². The third kappa shape index (κ3) is 4.35. The van der Waals surface area contributed by atoms with Gasteiger partial charge in [-0.15, -0.1) is 4.80 Å². The molecular weight excluding hydrogens is 397 g/mol. The Morgan fingerprint density at radius 3 is 2.48 bits per heavy atom. The highest BCUT2D eigenvalue weighted by molar-refractivity contribution is 5.95. The van der Waals surface area contributed by atoms with Crippen LogP contribution in [-0.4, -0.2) is 53.7 Å². The molecule has 4 rings (SSSR count). The molecule has 1 amide bonds. The highest BCUT2D eigenvalue weighted by Gasteiger charge is 2.24. The topological polar surface area (TPSA) is 81.7 Å². The number of benzene rings is 1. The van der Waals surface area contributed by atoms with Crippen LogP contribution >= 0.6 is 0 Å². The van der Waals surface area contributed by atoms with Crippen LogP contribution in [0.5, 0.6) is 0 Å². The van der Waals surface area contributed by atoms with Gasteiger partial charge >= 0.3 is 0 Å². The summed E-state index contributed by atoms with van der Waals surface area (Å²) in [5.74, 6) is -0.506. The van der Waals surface area contributed by atoms with Crippen LogP contribution in [-0.2, 0) is 6.54 Å². The lowest BCUT2D eigenvalue weighted by Crippen LogP contribution is -2.39. The van der Waals surface area contributed by atoms with Crippen molar-refractivity contribution in [3.8, 4) is 16.8 Å². The molecule has 0 saturated heterocycles. The van der Waals surface area contributed by atoms with E-state index in [2.05, 4.69) is 20.3 Å². The quantitative estimate of drug-likeness (QED) is 0.480. The second kappa shape index (κ2) is 8.47. The molecule has 0 aliphatic carbocycles. The molecule has 1 aromatic carbocycles. The fourth-order valence-electron chi connectivity index (χ4n) is 3.22. The third-order valence-electron chi connectivity index (χ3n) is 5.09. The van der Waals surface area contributed by atoms with Gasteiger partial charge in [-0.3, -0.25) is 9.48 Å². The molecule has 3 aromatic heterocycles. The van der Waals surface area contributed by atoms with Gasteiger partial charge in [0, 0.05) is 30.5 Å². The van der Waals surface area contributed by atoms with Gasteiger partial charge in [-0.25, -0.2) is 9.37 Å². The van der Waals surface area contributed by atoms with Crippen LogP contribution in [0.25, 0.3) is 16.8 Å². The Labute approximate surface area is 179 Å². The number of nitrogens with zero attached hydrogens (tertiary/aromatic N) is 7. The van der Waals surface area contributed by atoms with E-state index in [4.69, 9.17) is 0 Å². The van der Waals surface area contributed by atoms with Crippen LogP contribution in [0.15, 0.2) is 61.2 Å². The largest absolute Gasteiger partial charge is 0.336 e. The molecule has 0 unspecified atom stereocenters. The number of amides is 1. The number of aryl methyl sites for hydroxylation is 1. The molecule has 158 valence electrons. The number of carbonyl (C=O) groups excluding carboxylic acids is 1. The van der Waals surface area contributed by atoms with Gasteiger partial charge in [0.15, 0.2) is 5.69 Å². The summed E-state index contributed by atoms with van der Waals surface area (Å²) in [6, 6.07) is 9.71. The van der Waals surface area contributed by atoms with Crippen molar-refractivity contribution < 1.29 is 9.18 Å². The number of hydrogen-bond donors (Lipinski definition) is 0. The van der Waals surface area contributed by atoms with Crippen molar-refractivity contribution in [3.63, 3.8) is 0 Å². The van der Waals surface area contributed by atoms with E-state index in [0.717, 1.165) is 16.8 Å². The summed E-state index contributed by atoms with van der Waals surface area (Å²) >= 11 is 0. The lowest BCUT2D eigenvalue weighted by atomic mass is 10.1. The monoisotopic (exact) mass is 419 g/mol. The van der Waals surface area contributed by atoms with Gasteiger partial charge in [0.2, 0.25) is 0 Å². The van der Waals surface area contributed by atoms with E-state index in [1.165, 1.54) is 16.9 Å². The molecule has 0 saturated carbocycles. The SMILES string of the molecule is Cc1ccc(-n2nccn2)c(C(=O)N(C)[C@@H](C)Cn2cc(-c3ccc(F)cc3)cn2)n1. The lowest BCUT2D eigenvalue weighted by Gasteiger charge is -2.25. The Morgan fingerprint density at radius 2 is 1.77 bits per heavy atom. The minimum atomic E-state index is -0.278. The predicted octanol–water partition coefficient (Wildman–Crippen LogP) is 3.13. The molecule has 0 N–H and O–H groups in total. The molecule has 0 fully saturated rings. The molecule has 0 aliphatic heterocycles. The maximum Gasteiger partial charge on any atom is 0.274 e. The lowest BCUT2D eigenvalue weighted by molar-refractivity contribution is 0.0721. The minimum absolute atomic E-state index is 0.158. The zero-order chi connectivity index (χ0) is 22.0. The van der Waals surface area contributed by atoms with Crippen molar-refractivity contribution in [3.05, 3.63) is 78.4 Å². The van der Waals surface area contributed by atoms with Crippen molar-refractivity contribution in [2.75, 3.05) is 7.05 Å². The third-order valence-corrected chi connectivity index (χ3v) is 5.09. The number of aromatic nitrogens is 6. The second-order valence-electron chi connectivity index (χ2n) is 7.36. The van der Waals surface area contributed by atoms with Gasteiger partial charge in [0.25, 0.3) is 5.91 Å². The molecule has 0 aliphatic rings. The average molecular weight is 419 g/mol. The van der Waals surface area contributed by atoms with Crippen molar-refractivity contribution in [2.45, 2.75) is 26.4 Å². The average Bonchev–Trinajstić information content (AvgIpc) is 3.45. The van der Waals surface area contributed by atoms with Crippen LogP contribution in [0.1, 0.15) is 23.1 Å². The van der Waals surface area contributed by atoms with E-state index in [9.17, 15) is 9.18 Å². The van der Waals surface area contributed by atoms with Gasteiger partial charge in [-0.1, -0.05) is 12.1 Å². The van der Waals surface area contributed by atoms with Gasteiger partial charge in [-0.05, 0) is 43.7 Å². The number of hydrogen-bond acceptors (Lipinski definition) is 5. The van der Waals surface area contributed by atoms with Crippen LogP contribution in [0, 0.1) is 12.7 Å². The van der Waals surface area contributed by atoms with Gasteiger partial charge in [0.1, 0.15) is 11.5 Å². The summed E-state index contributed by atoms with van der Waals surface area (Å²) in [7, 11) is 1.74. The van der Waals surface area contributed by atoms with Crippen LogP contribution in [0.3, 0.4) is 0 Å². The van der Waals surface area contributed by atoms with Gasteiger partial charge in [-0.2, -0.15) is 15.3 Å².